The van der Waals surface area contributed by atoms with Crippen LogP contribution in [0, 0.1) is 0 Å². The molecule has 0 saturated carbocycles. The summed E-state index contributed by atoms with van der Waals surface area (Å²) in [6.45, 7) is 9.85. The number of benzene rings is 2. The zero-order valence-electron chi connectivity index (χ0n) is 18.2. The van der Waals surface area contributed by atoms with E-state index in [9.17, 15) is 17.2 Å². The highest BCUT2D eigenvalue weighted by Gasteiger charge is 2.28. The van der Waals surface area contributed by atoms with Crippen molar-refractivity contribution in [2.24, 2.45) is 0 Å². The van der Waals surface area contributed by atoms with E-state index in [1.807, 2.05) is 6.07 Å². The first-order valence-corrected chi connectivity index (χ1v) is 12.7. The van der Waals surface area contributed by atoms with Gasteiger partial charge in [0.2, 0.25) is 0 Å². The van der Waals surface area contributed by atoms with Crippen LogP contribution in [0.25, 0.3) is 10.9 Å². The zero-order valence-corrected chi connectivity index (χ0v) is 20.6. The Hall–Kier alpha value is -1.97. The Morgan fingerprint density at radius 1 is 1.00 bits per heavy atom. The van der Waals surface area contributed by atoms with E-state index in [4.69, 9.17) is 0 Å². The third-order valence-electron chi connectivity index (χ3n) is 5.97. The minimum atomic E-state index is -4.03. The number of anilines is 1. The first kappa shape index (κ1) is 23.2. The molecule has 1 aromatic heterocycles. The van der Waals surface area contributed by atoms with Gasteiger partial charge in [0, 0.05) is 59.0 Å². The lowest BCUT2D eigenvalue weighted by Gasteiger charge is -2.43. The summed E-state index contributed by atoms with van der Waals surface area (Å²) in [5.41, 5.74) is 0.869. The first-order chi connectivity index (χ1) is 15.0. The maximum atomic E-state index is 13.9. The topological polar surface area (TPSA) is 45.5 Å². The summed E-state index contributed by atoms with van der Waals surface area (Å²) in [6.07, 6.45) is -1.74. The number of piperazine rings is 1. The van der Waals surface area contributed by atoms with Gasteiger partial charge in [-0.05, 0) is 57.2 Å². The second kappa shape index (κ2) is 8.43. The molecule has 0 aliphatic carbocycles. The molecule has 4 rings (SSSR count). The standard InChI is InChI=1S/C23H26BrF2N3O2S/c1-23(2,3)28-11-9-27(10-12-28)17-7-8-21-19(14-17)20(22(25)26)15-29(21)32(30,31)18-6-4-5-16(24)13-18/h4-8,13-15,22H,9-12H2,1-3H3. The lowest BCUT2D eigenvalue weighted by Crippen LogP contribution is -2.53. The Labute approximate surface area is 195 Å². The van der Waals surface area contributed by atoms with E-state index in [1.165, 1.54) is 12.1 Å². The summed E-state index contributed by atoms with van der Waals surface area (Å²) in [5, 5.41) is 0.259. The van der Waals surface area contributed by atoms with Crippen LogP contribution in [0.1, 0.15) is 32.8 Å². The number of alkyl halides is 2. The van der Waals surface area contributed by atoms with Crippen molar-refractivity contribution >= 4 is 42.5 Å². The quantitative estimate of drug-likeness (QED) is 0.451. The highest BCUT2D eigenvalue weighted by molar-refractivity contribution is 9.10. The molecule has 9 heteroatoms. The van der Waals surface area contributed by atoms with Crippen molar-refractivity contribution in [2.75, 3.05) is 31.1 Å². The van der Waals surface area contributed by atoms with E-state index in [0.29, 0.717) is 4.47 Å². The van der Waals surface area contributed by atoms with Gasteiger partial charge in [0.15, 0.2) is 0 Å². The second-order valence-electron chi connectivity index (χ2n) is 8.99. The zero-order chi connectivity index (χ0) is 23.3. The number of rotatable bonds is 4. The Bertz CT molecular complexity index is 1240. The van der Waals surface area contributed by atoms with Crippen molar-refractivity contribution < 1.29 is 17.2 Å². The molecule has 32 heavy (non-hydrogen) atoms. The number of nitrogens with zero attached hydrogens (tertiary/aromatic N) is 3. The molecule has 0 amide bonds. The monoisotopic (exact) mass is 525 g/mol. The molecule has 1 saturated heterocycles. The normalized spacial score (nSPS) is 16.3. The van der Waals surface area contributed by atoms with Crippen LogP contribution in [0.2, 0.25) is 0 Å². The van der Waals surface area contributed by atoms with Gasteiger partial charge < -0.3 is 4.90 Å². The van der Waals surface area contributed by atoms with Gasteiger partial charge in [-0.1, -0.05) is 22.0 Å². The third-order valence-corrected chi connectivity index (χ3v) is 8.13. The van der Waals surface area contributed by atoms with Gasteiger partial charge in [-0.15, -0.1) is 0 Å². The lowest BCUT2D eigenvalue weighted by atomic mass is 10.0. The van der Waals surface area contributed by atoms with Crippen molar-refractivity contribution in [3.63, 3.8) is 0 Å². The van der Waals surface area contributed by atoms with Gasteiger partial charge in [0.25, 0.3) is 16.4 Å². The molecule has 0 atom stereocenters. The van der Waals surface area contributed by atoms with Crippen molar-refractivity contribution in [1.82, 2.24) is 8.87 Å². The van der Waals surface area contributed by atoms with Crippen LogP contribution in [-0.2, 0) is 10.0 Å². The summed E-state index contributed by atoms with van der Waals surface area (Å²) < 4.78 is 55.8. The van der Waals surface area contributed by atoms with Gasteiger partial charge in [-0.3, -0.25) is 4.90 Å². The molecule has 2 heterocycles. The van der Waals surface area contributed by atoms with Crippen LogP contribution in [0.3, 0.4) is 0 Å². The van der Waals surface area contributed by atoms with Crippen LogP contribution in [0.15, 0.2) is 58.0 Å². The molecule has 1 aliphatic heterocycles. The summed E-state index contributed by atoms with van der Waals surface area (Å²) in [5.74, 6) is 0. The van der Waals surface area contributed by atoms with Crippen LogP contribution >= 0.6 is 15.9 Å². The number of halogens is 3. The lowest BCUT2D eigenvalue weighted by molar-refractivity contribution is 0.128. The van der Waals surface area contributed by atoms with E-state index in [0.717, 1.165) is 42.0 Å². The molecule has 1 fully saturated rings. The van der Waals surface area contributed by atoms with Crippen LogP contribution in [-0.4, -0.2) is 49.0 Å². The van der Waals surface area contributed by atoms with Crippen LogP contribution in [0.5, 0.6) is 0 Å². The maximum Gasteiger partial charge on any atom is 0.268 e. The highest BCUT2D eigenvalue weighted by atomic mass is 79.9. The smallest absolute Gasteiger partial charge is 0.268 e. The molecule has 1 aliphatic rings. The van der Waals surface area contributed by atoms with E-state index < -0.39 is 16.4 Å². The second-order valence-corrected chi connectivity index (χ2v) is 11.7. The van der Waals surface area contributed by atoms with E-state index in [2.05, 4.69) is 46.5 Å². The maximum absolute atomic E-state index is 13.9. The molecule has 172 valence electrons. The average Bonchev–Trinajstić information content (AvgIpc) is 3.13. The Morgan fingerprint density at radius 3 is 2.28 bits per heavy atom. The van der Waals surface area contributed by atoms with Crippen LogP contribution < -0.4 is 4.90 Å². The number of hydrogen-bond donors (Lipinski definition) is 0. The summed E-state index contributed by atoms with van der Waals surface area (Å²) >= 11 is 3.27. The minimum absolute atomic E-state index is 0.0342. The summed E-state index contributed by atoms with van der Waals surface area (Å²) in [7, 11) is -4.03. The fourth-order valence-corrected chi connectivity index (χ4v) is 6.13. The largest absolute Gasteiger partial charge is 0.369 e. The SMILES string of the molecule is CC(C)(C)N1CCN(c2ccc3c(c2)c(C(F)F)cn3S(=O)(=O)c2cccc(Br)c2)CC1. The fraction of sp³-hybridized carbons (Fsp3) is 0.391. The Morgan fingerprint density at radius 2 is 1.69 bits per heavy atom. The van der Waals surface area contributed by atoms with Crippen LogP contribution in [0.4, 0.5) is 14.5 Å². The molecule has 0 radical (unpaired) electrons. The molecule has 0 N–H and O–H groups in total. The van der Waals surface area contributed by atoms with Crippen molar-refractivity contribution in [2.45, 2.75) is 37.6 Å². The number of aromatic nitrogens is 1. The van der Waals surface area contributed by atoms with E-state index in [1.54, 1.807) is 24.3 Å². The van der Waals surface area contributed by atoms with E-state index in [-0.39, 0.29) is 26.9 Å². The molecular weight excluding hydrogens is 500 g/mol. The molecule has 5 nitrogen and oxygen atoms in total. The number of fused-ring (bicyclic) bond motifs is 1. The van der Waals surface area contributed by atoms with Gasteiger partial charge in [0.05, 0.1) is 10.4 Å². The van der Waals surface area contributed by atoms with Gasteiger partial charge in [0.1, 0.15) is 0 Å². The first-order valence-electron chi connectivity index (χ1n) is 10.4. The van der Waals surface area contributed by atoms with Crippen molar-refractivity contribution in [1.29, 1.82) is 0 Å². The van der Waals surface area contributed by atoms with Crippen molar-refractivity contribution in [3.05, 3.63) is 58.7 Å². The van der Waals surface area contributed by atoms with Crippen molar-refractivity contribution in [3.8, 4) is 0 Å². The molecule has 3 aromatic rings. The minimum Gasteiger partial charge on any atom is -0.369 e. The summed E-state index contributed by atoms with van der Waals surface area (Å²) in [4.78, 5) is 4.59. The predicted molar refractivity (Wildman–Crippen MR) is 127 cm³/mol. The molecule has 0 spiro atoms. The summed E-state index contributed by atoms with van der Waals surface area (Å²) in [6, 6.07) is 11.4. The van der Waals surface area contributed by atoms with E-state index >= 15 is 0 Å². The molecular formula is C23H26BrF2N3O2S. The average molecular weight is 526 g/mol. The Balaban J connectivity index is 1.74. The van der Waals surface area contributed by atoms with Gasteiger partial charge >= 0.3 is 0 Å². The van der Waals surface area contributed by atoms with Gasteiger partial charge in [-0.25, -0.2) is 21.2 Å². The van der Waals surface area contributed by atoms with Gasteiger partial charge in [-0.2, -0.15) is 0 Å². The predicted octanol–water partition coefficient (Wildman–Crippen LogP) is 5.50. The molecule has 0 unspecified atom stereocenters. The molecule has 0 bridgehead atoms. The number of hydrogen-bond acceptors (Lipinski definition) is 4. The Kier molecular flexibility index (Phi) is 6.11. The molecule has 2 aromatic carbocycles. The third kappa shape index (κ3) is 4.30. The fourth-order valence-electron chi connectivity index (χ4n) is 4.16. The highest BCUT2D eigenvalue weighted by Crippen LogP contribution is 2.35.